The van der Waals surface area contributed by atoms with Gasteiger partial charge in [0.25, 0.3) is 0 Å². The molecule has 0 unspecified atom stereocenters. The first kappa shape index (κ1) is 13.9. The standard InChI is InChI=1S/C17H11BrFNO/c18-14-9-11(5-6-15(14)19)10-16(21)17-13-4-2-1-3-12(13)7-8-20-17/h1-9H,10H2. The zero-order valence-corrected chi connectivity index (χ0v) is 12.6. The Kier molecular flexibility index (Phi) is 3.80. The van der Waals surface area contributed by atoms with E-state index in [1.807, 2.05) is 30.3 Å². The normalized spacial score (nSPS) is 10.8. The summed E-state index contributed by atoms with van der Waals surface area (Å²) in [6.45, 7) is 0. The Labute approximate surface area is 129 Å². The Morgan fingerprint density at radius 1 is 1.14 bits per heavy atom. The molecule has 0 atom stereocenters. The van der Waals surface area contributed by atoms with E-state index in [4.69, 9.17) is 0 Å². The minimum absolute atomic E-state index is 0.0784. The summed E-state index contributed by atoms with van der Waals surface area (Å²) < 4.78 is 13.6. The first-order chi connectivity index (χ1) is 10.1. The SMILES string of the molecule is O=C(Cc1ccc(F)c(Br)c1)c1nccc2ccccc12. The fraction of sp³-hybridized carbons (Fsp3) is 0.0588. The van der Waals surface area contributed by atoms with Gasteiger partial charge < -0.3 is 0 Å². The number of aromatic nitrogens is 1. The van der Waals surface area contributed by atoms with Crippen molar-refractivity contribution in [1.29, 1.82) is 0 Å². The molecule has 0 saturated carbocycles. The predicted molar refractivity (Wildman–Crippen MR) is 83.9 cm³/mol. The lowest BCUT2D eigenvalue weighted by Crippen LogP contribution is -2.07. The minimum atomic E-state index is -0.338. The number of fused-ring (bicyclic) bond motifs is 1. The average Bonchev–Trinajstić information content (AvgIpc) is 2.50. The molecule has 4 heteroatoms. The molecule has 1 heterocycles. The highest BCUT2D eigenvalue weighted by Crippen LogP contribution is 2.20. The quantitative estimate of drug-likeness (QED) is 0.652. The van der Waals surface area contributed by atoms with Crippen LogP contribution >= 0.6 is 15.9 Å². The van der Waals surface area contributed by atoms with Gasteiger partial charge in [0.2, 0.25) is 0 Å². The summed E-state index contributed by atoms with van der Waals surface area (Å²) in [4.78, 5) is 16.7. The highest BCUT2D eigenvalue weighted by Gasteiger charge is 2.13. The molecule has 0 N–H and O–H groups in total. The van der Waals surface area contributed by atoms with Crippen molar-refractivity contribution < 1.29 is 9.18 Å². The maximum absolute atomic E-state index is 13.2. The van der Waals surface area contributed by atoms with E-state index in [1.54, 1.807) is 18.3 Å². The number of pyridine rings is 1. The first-order valence-electron chi connectivity index (χ1n) is 6.46. The molecule has 1 aromatic heterocycles. The average molecular weight is 344 g/mol. The molecule has 2 nitrogen and oxygen atoms in total. The third kappa shape index (κ3) is 2.85. The molecule has 0 radical (unpaired) electrons. The van der Waals surface area contributed by atoms with Crippen LogP contribution in [0.4, 0.5) is 4.39 Å². The summed E-state index contributed by atoms with van der Waals surface area (Å²) in [5.41, 5.74) is 1.21. The summed E-state index contributed by atoms with van der Waals surface area (Å²) in [6, 6.07) is 14.1. The number of carbonyl (C=O) groups excluding carboxylic acids is 1. The number of carbonyl (C=O) groups is 1. The Bertz CT molecular complexity index is 827. The van der Waals surface area contributed by atoms with E-state index >= 15 is 0 Å². The molecule has 0 amide bonds. The van der Waals surface area contributed by atoms with Crippen LogP contribution in [0.1, 0.15) is 16.1 Å². The number of Topliss-reactive ketones (excluding diaryl/α,β-unsaturated/α-hetero) is 1. The lowest BCUT2D eigenvalue weighted by Gasteiger charge is -2.05. The summed E-state index contributed by atoms with van der Waals surface area (Å²) in [7, 11) is 0. The van der Waals surface area contributed by atoms with Gasteiger partial charge in [-0.05, 0) is 45.1 Å². The van der Waals surface area contributed by atoms with Crippen molar-refractivity contribution in [3.05, 3.63) is 76.3 Å². The van der Waals surface area contributed by atoms with Crippen molar-refractivity contribution in [3.63, 3.8) is 0 Å². The lowest BCUT2D eigenvalue weighted by molar-refractivity contribution is 0.0990. The maximum atomic E-state index is 13.2. The smallest absolute Gasteiger partial charge is 0.186 e. The summed E-state index contributed by atoms with van der Waals surface area (Å²) >= 11 is 3.13. The van der Waals surface area contributed by atoms with Crippen molar-refractivity contribution >= 4 is 32.5 Å². The fourth-order valence-electron chi connectivity index (χ4n) is 2.26. The topological polar surface area (TPSA) is 30.0 Å². The van der Waals surface area contributed by atoms with Crippen LogP contribution in [0.3, 0.4) is 0 Å². The molecular formula is C17H11BrFNO. The second kappa shape index (κ2) is 5.74. The van der Waals surface area contributed by atoms with Crippen LogP contribution in [-0.4, -0.2) is 10.8 Å². The van der Waals surface area contributed by atoms with E-state index in [0.29, 0.717) is 10.2 Å². The van der Waals surface area contributed by atoms with Crippen LogP contribution in [0.15, 0.2) is 59.2 Å². The van der Waals surface area contributed by atoms with Crippen molar-refractivity contribution in [2.24, 2.45) is 0 Å². The molecule has 21 heavy (non-hydrogen) atoms. The van der Waals surface area contributed by atoms with E-state index in [-0.39, 0.29) is 18.0 Å². The predicted octanol–water partition coefficient (Wildman–Crippen LogP) is 4.56. The molecule has 2 aromatic carbocycles. The molecule has 0 bridgehead atoms. The largest absolute Gasteiger partial charge is 0.292 e. The third-order valence-corrected chi connectivity index (χ3v) is 3.89. The highest BCUT2D eigenvalue weighted by molar-refractivity contribution is 9.10. The number of halogens is 2. The molecular weight excluding hydrogens is 333 g/mol. The number of hydrogen-bond acceptors (Lipinski definition) is 2. The second-order valence-corrected chi connectivity index (χ2v) is 5.58. The van der Waals surface area contributed by atoms with Gasteiger partial charge in [-0.3, -0.25) is 9.78 Å². The van der Waals surface area contributed by atoms with Crippen LogP contribution in [0.5, 0.6) is 0 Å². The van der Waals surface area contributed by atoms with Crippen LogP contribution in [0.2, 0.25) is 0 Å². The molecule has 0 saturated heterocycles. The van der Waals surface area contributed by atoms with Crippen LogP contribution in [-0.2, 0) is 6.42 Å². The maximum Gasteiger partial charge on any atom is 0.186 e. The summed E-state index contributed by atoms with van der Waals surface area (Å²) in [5, 5.41) is 1.82. The van der Waals surface area contributed by atoms with Gasteiger partial charge in [0.15, 0.2) is 5.78 Å². The van der Waals surface area contributed by atoms with Crippen molar-refractivity contribution in [2.45, 2.75) is 6.42 Å². The summed E-state index contributed by atoms with van der Waals surface area (Å²) in [5.74, 6) is -0.417. The second-order valence-electron chi connectivity index (χ2n) is 4.73. The van der Waals surface area contributed by atoms with Crippen LogP contribution in [0, 0.1) is 5.82 Å². The van der Waals surface area contributed by atoms with Gasteiger partial charge in [-0.1, -0.05) is 30.3 Å². The van der Waals surface area contributed by atoms with E-state index in [9.17, 15) is 9.18 Å². The number of benzene rings is 2. The van der Waals surface area contributed by atoms with E-state index in [0.717, 1.165) is 16.3 Å². The molecule has 0 aliphatic heterocycles. The molecule has 104 valence electrons. The first-order valence-corrected chi connectivity index (χ1v) is 7.25. The number of hydrogen-bond donors (Lipinski definition) is 0. The highest BCUT2D eigenvalue weighted by atomic mass is 79.9. The van der Waals surface area contributed by atoms with Crippen molar-refractivity contribution in [1.82, 2.24) is 4.98 Å². The van der Waals surface area contributed by atoms with Gasteiger partial charge in [-0.2, -0.15) is 0 Å². The number of ketones is 1. The van der Waals surface area contributed by atoms with Gasteiger partial charge in [0.05, 0.1) is 4.47 Å². The Balaban J connectivity index is 1.95. The van der Waals surface area contributed by atoms with Gasteiger partial charge >= 0.3 is 0 Å². The third-order valence-electron chi connectivity index (χ3n) is 3.29. The van der Waals surface area contributed by atoms with E-state index in [1.165, 1.54) is 6.07 Å². The molecule has 0 fully saturated rings. The van der Waals surface area contributed by atoms with Crippen molar-refractivity contribution in [3.8, 4) is 0 Å². The Morgan fingerprint density at radius 3 is 2.76 bits per heavy atom. The molecule has 3 aromatic rings. The van der Waals surface area contributed by atoms with E-state index in [2.05, 4.69) is 20.9 Å². The summed E-state index contributed by atoms with van der Waals surface area (Å²) in [6.07, 6.45) is 1.83. The van der Waals surface area contributed by atoms with Crippen LogP contribution in [0.25, 0.3) is 10.8 Å². The zero-order chi connectivity index (χ0) is 14.8. The Morgan fingerprint density at radius 2 is 1.95 bits per heavy atom. The molecule has 3 rings (SSSR count). The molecule has 0 aliphatic rings. The van der Waals surface area contributed by atoms with Gasteiger partial charge in [0, 0.05) is 18.0 Å². The number of rotatable bonds is 3. The van der Waals surface area contributed by atoms with Crippen molar-refractivity contribution in [2.75, 3.05) is 0 Å². The van der Waals surface area contributed by atoms with E-state index < -0.39 is 0 Å². The van der Waals surface area contributed by atoms with Gasteiger partial charge in [0.1, 0.15) is 11.5 Å². The Hall–Kier alpha value is -2.07. The van der Waals surface area contributed by atoms with Gasteiger partial charge in [-0.25, -0.2) is 4.39 Å². The monoisotopic (exact) mass is 343 g/mol. The van der Waals surface area contributed by atoms with Gasteiger partial charge in [-0.15, -0.1) is 0 Å². The fourth-order valence-corrected chi connectivity index (χ4v) is 2.69. The lowest BCUT2D eigenvalue weighted by atomic mass is 10.0. The number of nitrogens with zero attached hydrogens (tertiary/aromatic N) is 1. The molecule has 0 spiro atoms. The minimum Gasteiger partial charge on any atom is -0.292 e. The van der Waals surface area contributed by atoms with Crippen LogP contribution < -0.4 is 0 Å². The zero-order valence-electron chi connectivity index (χ0n) is 11.0. The molecule has 0 aliphatic carbocycles.